The summed E-state index contributed by atoms with van der Waals surface area (Å²) >= 11 is 3.48. The van der Waals surface area contributed by atoms with Gasteiger partial charge in [0.15, 0.2) is 0 Å². The highest BCUT2D eigenvalue weighted by atomic mass is 79.9. The maximum atomic E-state index is 5.51. The minimum absolute atomic E-state index is 0.133. The Hall–Kier alpha value is -1.23. The SMILES string of the molecule is CCN(CC1COC(N)=N1)c1cccc(Br)c1. The number of aliphatic imine (C=N–C) groups is 1. The fraction of sp³-hybridized carbons (Fsp3) is 0.417. The number of anilines is 1. The molecule has 1 atom stereocenters. The van der Waals surface area contributed by atoms with E-state index in [4.69, 9.17) is 10.5 Å². The van der Waals surface area contributed by atoms with E-state index >= 15 is 0 Å². The van der Waals surface area contributed by atoms with Crippen LogP contribution in [0.15, 0.2) is 33.7 Å². The van der Waals surface area contributed by atoms with Crippen molar-refractivity contribution in [2.45, 2.75) is 13.0 Å². The molecule has 1 aliphatic rings. The molecule has 0 aromatic heterocycles. The summed E-state index contributed by atoms with van der Waals surface area (Å²) in [7, 11) is 0. The highest BCUT2D eigenvalue weighted by molar-refractivity contribution is 9.10. The maximum Gasteiger partial charge on any atom is 0.282 e. The van der Waals surface area contributed by atoms with E-state index in [2.05, 4.69) is 44.9 Å². The summed E-state index contributed by atoms with van der Waals surface area (Å²) in [6.07, 6.45) is 0. The third kappa shape index (κ3) is 3.12. The van der Waals surface area contributed by atoms with Crippen molar-refractivity contribution in [3.8, 4) is 0 Å². The van der Waals surface area contributed by atoms with Crippen LogP contribution in [-0.4, -0.2) is 31.8 Å². The minimum atomic E-state index is 0.133. The van der Waals surface area contributed by atoms with Gasteiger partial charge in [0.2, 0.25) is 0 Å². The van der Waals surface area contributed by atoms with Crippen LogP contribution in [0.4, 0.5) is 5.69 Å². The smallest absolute Gasteiger partial charge is 0.282 e. The zero-order chi connectivity index (χ0) is 12.3. The predicted octanol–water partition coefficient (Wildman–Crippen LogP) is 1.99. The lowest BCUT2D eigenvalue weighted by Crippen LogP contribution is -2.32. The Bertz CT molecular complexity index is 422. The molecule has 2 N–H and O–H groups in total. The Balaban J connectivity index is 2.06. The van der Waals surface area contributed by atoms with Gasteiger partial charge >= 0.3 is 0 Å². The lowest BCUT2D eigenvalue weighted by atomic mass is 10.2. The molecule has 0 fully saturated rings. The summed E-state index contributed by atoms with van der Waals surface area (Å²) in [6, 6.07) is 8.69. The molecule has 92 valence electrons. The molecule has 0 spiro atoms. The molecule has 0 bridgehead atoms. The summed E-state index contributed by atoms with van der Waals surface area (Å²) in [6.45, 7) is 4.47. The van der Waals surface area contributed by atoms with E-state index in [0.29, 0.717) is 12.6 Å². The number of halogens is 1. The van der Waals surface area contributed by atoms with Crippen molar-refractivity contribution in [3.05, 3.63) is 28.7 Å². The van der Waals surface area contributed by atoms with Crippen molar-refractivity contribution in [2.24, 2.45) is 10.7 Å². The standard InChI is InChI=1S/C12H16BrN3O/c1-2-16(7-10-8-17-12(14)15-10)11-5-3-4-9(13)6-11/h3-6,10H,2,7-8H2,1H3,(H2,14,15). The number of nitrogens with zero attached hydrogens (tertiary/aromatic N) is 2. The van der Waals surface area contributed by atoms with Crippen molar-refractivity contribution in [1.82, 2.24) is 0 Å². The minimum Gasteiger partial charge on any atom is -0.463 e. The summed E-state index contributed by atoms with van der Waals surface area (Å²) < 4.78 is 6.24. The number of rotatable bonds is 4. The fourth-order valence-electron chi connectivity index (χ4n) is 1.87. The van der Waals surface area contributed by atoms with Crippen LogP contribution < -0.4 is 10.6 Å². The average molecular weight is 298 g/mol. The summed E-state index contributed by atoms with van der Waals surface area (Å²) in [4.78, 5) is 6.51. The van der Waals surface area contributed by atoms with Crippen LogP contribution in [0.3, 0.4) is 0 Å². The zero-order valence-corrected chi connectivity index (χ0v) is 11.4. The third-order valence-corrected chi connectivity index (χ3v) is 3.21. The maximum absolute atomic E-state index is 5.51. The lowest BCUT2D eigenvalue weighted by Gasteiger charge is -2.24. The van der Waals surface area contributed by atoms with Gasteiger partial charge in [-0.15, -0.1) is 0 Å². The third-order valence-electron chi connectivity index (χ3n) is 2.72. The van der Waals surface area contributed by atoms with E-state index in [1.165, 1.54) is 5.69 Å². The van der Waals surface area contributed by atoms with Gasteiger partial charge in [-0.2, -0.15) is 0 Å². The van der Waals surface area contributed by atoms with Gasteiger partial charge in [0.25, 0.3) is 6.02 Å². The van der Waals surface area contributed by atoms with Crippen LogP contribution in [0.25, 0.3) is 0 Å². The summed E-state index contributed by atoms with van der Waals surface area (Å²) in [5.74, 6) is 0. The number of amidine groups is 1. The van der Waals surface area contributed by atoms with E-state index in [-0.39, 0.29) is 6.04 Å². The number of hydrogen-bond acceptors (Lipinski definition) is 4. The monoisotopic (exact) mass is 297 g/mol. The van der Waals surface area contributed by atoms with Gasteiger partial charge < -0.3 is 15.4 Å². The molecule has 5 heteroatoms. The number of benzene rings is 1. The normalized spacial score (nSPS) is 18.7. The Morgan fingerprint density at radius 1 is 1.59 bits per heavy atom. The Labute approximate surface area is 110 Å². The van der Waals surface area contributed by atoms with Crippen molar-refractivity contribution < 1.29 is 4.74 Å². The molecule has 1 aliphatic heterocycles. The zero-order valence-electron chi connectivity index (χ0n) is 9.77. The van der Waals surface area contributed by atoms with Crippen molar-refractivity contribution in [3.63, 3.8) is 0 Å². The van der Waals surface area contributed by atoms with Crippen LogP contribution in [0, 0.1) is 0 Å². The number of ether oxygens (including phenoxy) is 1. The molecule has 0 saturated heterocycles. The van der Waals surface area contributed by atoms with E-state index < -0.39 is 0 Å². The highest BCUT2D eigenvalue weighted by Gasteiger charge is 2.19. The number of hydrogen-bond donors (Lipinski definition) is 1. The topological polar surface area (TPSA) is 50.9 Å². The van der Waals surface area contributed by atoms with E-state index in [9.17, 15) is 0 Å². The first kappa shape index (κ1) is 12.2. The average Bonchev–Trinajstić information content (AvgIpc) is 2.72. The van der Waals surface area contributed by atoms with E-state index in [1.807, 2.05) is 12.1 Å². The Kier molecular flexibility index (Phi) is 3.89. The first-order valence-corrected chi connectivity index (χ1v) is 6.45. The van der Waals surface area contributed by atoms with Gasteiger partial charge in [-0.05, 0) is 25.1 Å². The van der Waals surface area contributed by atoms with Crippen LogP contribution in [-0.2, 0) is 4.74 Å². The second-order valence-corrected chi connectivity index (χ2v) is 4.87. The van der Waals surface area contributed by atoms with Gasteiger partial charge in [-0.3, -0.25) is 0 Å². The van der Waals surface area contributed by atoms with Crippen LogP contribution in [0.2, 0.25) is 0 Å². The van der Waals surface area contributed by atoms with Gasteiger partial charge in [-0.1, -0.05) is 22.0 Å². The Morgan fingerprint density at radius 3 is 3.00 bits per heavy atom. The summed E-state index contributed by atoms with van der Waals surface area (Å²) in [5, 5.41) is 0. The molecular formula is C12H16BrN3O. The molecule has 1 aromatic rings. The number of nitrogens with two attached hydrogens (primary N) is 1. The molecule has 17 heavy (non-hydrogen) atoms. The second-order valence-electron chi connectivity index (χ2n) is 3.95. The van der Waals surface area contributed by atoms with Crippen LogP contribution in [0.1, 0.15) is 6.92 Å². The molecule has 0 amide bonds. The molecule has 0 aliphatic carbocycles. The van der Waals surface area contributed by atoms with Crippen molar-refractivity contribution in [1.29, 1.82) is 0 Å². The first-order valence-electron chi connectivity index (χ1n) is 5.65. The van der Waals surface area contributed by atoms with E-state index in [0.717, 1.165) is 17.6 Å². The molecular weight excluding hydrogens is 282 g/mol. The molecule has 1 heterocycles. The predicted molar refractivity (Wildman–Crippen MR) is 73.4 cm³/mol. The van der Waals surface area contributed by atoms with Crippen molar-refractivity contribution in [2.75, 3.05) is 24.6 Å². The second kappa shape index (κ2) is 5.40. The Morgan fingerprint density at radius 2 is 2.41 bits per heavy atom. The number of likely N-dealkylation sites (N-methyl/N-ethyl adjacent to an activating group) is 1. The van der Waals surface area contributed by atoms with Gasteiger partial charge in [0.1, 0.15) is 12.6 Å². The van der Waals surface area contributed by atoms with Crippen molar-refractivity contribution >= 4 is 27.6 Å². The largest absolute Gasteiger partial charge is 0.463 e. The highest BCUT2D eigenvalue weighted by Crippen LogP contribution is 2.20. The molecule has 0 radical (unpaired) electrons. The lowest BCUT2D eigenvalue weighted by molar-refractivity contribution is 0.313. The molecule has 1 aromatic carbocycles. The van der Waals surface area contributed by atoms with Crippen LogP contribution >= 0.6 is 15.9 Å². The van der Waals surface area contributed by atoms with Gasteiger partial charge in [0, 0.05) is 23.2 Å². The molecule has 4 nitrogen and oxygen atoms in total. The fourth-order valence-corrected chi connectivity index (χ4v) is 2.26. The van der Waals surface area contributed by atoms with E-state index in [1.54, 1.807) is 0 Å². The molecule has 1 unspecified atom stereocenters. The molecule has 2 rings (SSSR count). The molecule has 0 saturated carbocycles. The van der Waals surface area contributed by atoms with Crippen LogP contribution in [0.5, 0.6) is 0 Å². The first-order chi connectivity index (χ1) is 8.19. The quantitative estimate of drug-likeness (QED) is 0.925. The summed E-state index contributed by atoms with van der Waals surface area (Å²) in [5.41, 5.74) is 6.69. The van der Waals surface area contributed by atoms with Gasteiger partial charge in [0.05, 0.1) is 0 Å². The van der Waals surface area contributed by atoms with Gasteiger partial charge in [-0.25, -0.2) is 4.99 Å².